The van der Waals surface area contributed by atoms with Crippen LogP contribution < -0.4 is 11.4 Å². The molecule has 80 valence electrons. The summed E-state index contributed by atoms with van der Waals surface area (Å²) in [6, 6.07) is -0.726. The molecule has 1 aromatic heterocycles. The highest BCUT2D eigenvalue weighted by Gasteiger charge is 2.30. The first kappa shape index (κ1) is 10.8. The molecule has 0 radical (unpaired) electrons. The summed E-state index contributed by atoms with van der Waals surface area (Å²) in [5.41, 5.74) is 4.43. The van der Waals surface area contributed by atoms with E-state index in [1.165, 1.54) is 6.92 Å². The van der Waals surface area contributed by atoms with E-state index in [9.17, 15) is 18.0 Å². The number of halogens is 3. The molecule has 1 unspecified atom stereocenters. The van der Waals surface area contributed by atoms with Crippen LogP contribution in [-0.2, 0) is 6.54 Å². The van der Waals surface area contributed by atoms with Gasteiger partial charge in [0, 0.05) is 0 Å². The average Bonchev–Trinajstić information content (AvgIpc) is 2.29. The second-order valence-electron chi connectivity index (χ2n) is 2.88. The highest BCUT2D eigenvalue weighted by atomic mass is 19.4. The lowest BCUT2D eigenvalue weighted by Crippen LogP contribution is -2.29. The predicted octanol–water partition coefficient (Wildman–Crippen LogP) is 0.153. The quantitative estimate of drug-likeness (QED) is 0.729. The monoisotopic (exact) mass is 210 g/mol. The summed E-state index contributed by atoms with van der Waals surface area (Å²) >= 11 is 0. The van der Waals surface area contributed by atoms with Crippen LogP contribution in [-0.4, -0.2) is 20.9 Å². The molecular formula is C6H9F3N4O. The Bertz CT molecular complexity index is 364. The van der Waals surface area contributed by atoms with Crippen molar-refractivity contribution in [2.75, 3.05) is 0 Å². The SMILES string of the molecule is CC(N)c1n[nH]c(=O)n1CC(F)(F)F. The predicted molar refractivity (Wildman–Crippen MR) is 41.5 cm³/mol. The molecule has 0 saturated carbocycles. The van der Waals surface area contributed by atoms with Crippen molar-refractivity contribution in [1.82, 2.24) is 14.8 Å². The molecule has 0 bridgehead atoms. The van der Waals surface area contributed by atoms with Crippen LogP contribution in [0.5, 0.6) is 0 Å². The van der Waals surface area contributed by atoms with Gasteiger partial charge < -0.3 is 5.73 Å². The second-order valence-corrected chi connectivity index (χ2v) is 2.88. The highest BCUT2D eigenvalue weighted by molar-refractivity contribution is 4.92. The average molecular weight is 210 g/mol. The summed E-state index contributed by atoms with van der Waals surface area (Å²) in [5, 5.41) is 5.32. The molecule has 3 N–H and O–H groups in total. The van der Waals surface area contributed by atoms with Crippen molar-refractivity contribution in [1.29, 1.82) is 0 Å². The molecule has 0 aromatic carbocycles. The second kappa shape index (κ2) is 3.45. The molecule has 8 heteroatoms. The fourth-order valence-corrected chi connectivity index (χ4v) is 1.01. The number of H-pyrrole nitrogens is 1. The number of hydrogen-bond acceptors (Lipinski definition) is 3. The van der Waals surface area contributed by atoms with Crippen LogP contribution in [0, 0.1) is 0 Å². The van der Waals surface area contributed by atoms with E-state index in [1.54, 1.807) is 0 Å². The van der Waals surface area contributed by atoms with Crippen LogP contribution in [0.1, 0.15) is 18.8 Å². The maximum atomic E-state index is 12.0. The maximum Gasteiger partial charge on any atom is 0.406 e. The van der Waals surface area contributed by atoms with Crippen LogP contribution in [0.4, 0.5) is 13.2 Å². The Morgan fingerprint density at radius 2 is 2.21 bits per heavy atom. The first-order valence-corrected chi connectivity index (χ1v) is 3.78. The van der Waals surface area contributed by atoms with Gasteiger partial charge in [-0.25, -0.2) is 9.89 Å². The number of hydrogen-bond donors (Lipinski definition) is 2. The Labute approximate surface area is 76.7 Å². The van der Waals surface area contributed by atoms with E-state index in [0.29, 0.717) is 4.57 Å². The first-order valence-electron chi connectivity index (χ1n) is 3.78. The standard InChI is InChI=1S/C6H9F3N4O/c1-3(10)4-11-12-5(14)13(4)2-6(7,8)9/h3H,2,10H2,1H3,(H,12,14). The third kappa shape index (κ3) is 2.34. The molecule has 5 nitrogen and oxygen atoms in total. The highest BCUT2D eigenvalue weighted by Crippen LogP contribution is 2.17. The minimum atomic E-state index is -4.46. The molecule has 0 aliphatic heterocycles. The maximum absolute atomic E-state index is 12.0. The molecule has 0 spiro atoms. The lowest BCUT2D eigenvalue weighted by Gasteiger charge is -2.10. The molecule has 0 fully saturated rings. The van der Waals surface area contributed by atoms with Gasteiger partial charge in [0.15, 0.2) is 0 Å². The van der Waals surface area contributed by atoms with E-state index in [0.717, 1.165) is 0 Å². The number of nitrogens with zero attached hydrogens (tertiary/aromatic N) is 2. The molecule has 0 aliphatic rings. The Kier molecular flexibility index (Phi) is 2.65. The summed E-state index contributed by atoms with van der Waals surface area (Å²) in [4.78, 5) is 10.9. The lowest BCUT2D eigenvalue weighted by molar-refractivity contribution is -0.141. The Morgan fingerprint density at radius 1 is 1.64 bits per heavy atom. The summed E-state index contributed by atoms with van der Waals surface area (Å²) in [5.74, 6) is -0.104. The van der Waals surface area contributed by atoms with E-state index in [-0.39, 0.29) is 5.82 Å². The molecular weight excluding hydrogens is 201 g/mol. The van der Waals surface area contributed by atoms with Crippen molar-refractivity contribution >= 4 is 0 Å². The molecule has 0 amide bonds. The normalized spacial score (nSPS) is 14.4. The van der Waals surface area contributed by atoms with E-state index in [1.807, 2.05) is 5.10 Å². The van der Waals surface area contributed by atoms with Gasteiger partial charge in [-0.2, -0.15) is 18.3 Å². The number of nitrogens with two attached hydrogens (primary N) is 1. The number of aromatic nitrogens is 3. The van der Waals surface area contributed by atoms with Gasteiger partial charge in [-0.3, -0.25) is 4.57 Å². The number of alkyl halides is 3. The van der Waals surface area contributed by atoms with Crippen molar-refractivity contribution < 1.29 is 13.2 Å². The van der Waals surface area contributed by atoms with E-state index >= 15 is 0 Å². The smallest absolute Gasteiger partial charge is 0.322 e. The number of rotatable bonds is 2. The minimum absolute atomic E-state index is 0.104. The van der Waals surface area contributed by atoms with Crippen LogP contribution in [0.3, 0.4) is 0 Å². The van der Waals surface area contributed by atoms with E-state index in [4.69, 9.17) is 5.73 Å². The van der Waals surface area contributed by atoms with Crippen LogP contribution in [0.25, 0.3) is 0 Å². The zero-order valence-corrected chi connectivity index (χ0v) is 7.30. The Morgan fingerprint density at radius 3 is 2.64 bits per heavy atom. The summed E-state index contributed by atoms with van der Waals surface area (Å²) < 4.78 is 36.5. The zero-order chi connectivity index (χ0) is 10.9. The molecule has 0 aliphatic carbocycles. The molecule has 1 atom stereocenters. The summed E-state index contributed by atoms with van der Waals surface area (Å²) in [6.45, 7) is 0.0711. The van der Waals surface area contributed by atoms with Gasteiger partial charge in [0.05, 0.1) is 6.04 Å². The number of aromatic amines is 1. The van der Waals surface area contributed by atoms with Gasteiger partial charge in [-0.15, -0.1) is 0 Å². The van der Waals surface area contributed by atoms with E-state index < -0.39 is 24.5 Å². The van der Waals surface area contributed by atoms with Gasteiger partial charge in [0.2, 0.25) is 0 Å². The van der Waals surface area contributed by atoms with Crippen molar-refractivity contribution in [3.05, 3.63) is 16.3 Å². The van der Waals surface area contributed by atoms with Crippen LogP contribution >= 0.6 is 0 Å². The lowest BCUT2D eigenvalue weighted by atomic mass is 10.3. The van der Waals surface area contributed by atoms with Crippen molar-refractivity contribution in [3.63, 3.8) is 0 Å². The van der Waals surface area contributed by atoms with Gasteiger partial charge >= 0.3 is 11.9 Å². The fourth-order valence-electron chi connectivity index (χ4n) is 1.01. The minimum Gasteiger partial charge on any atom is -0.322 e. The van der Waals surface area contributed by atoms with E-state index in [2.05, 4.69) is 5.10 Å². The third-order valence-corrected chi connectivity index (χ3v) is 1.53. The zero-order valence-electron chi connectivity index (χ0n) is 7.30. The molecule has 14 heavy (non-hydrogen) atoms. The molecule has 0 saturated heterocycles. The van der Waals surface area contributed by atoms with Gasteiger partial charge in [-0.1, -0.05) is 0 Å². The van der Waals surface area contributed by atoms with Gasteiger partial charge in [-0.05, 0) is 6.92 Å². The van der Waals surface area contributed by atoms with Crippen molar-refractivity contribution in [2.24, 2.45) is 5.73 Å². The Balaban J connectivity index is 3.06. The summed E-state index contributed by atoms with van der Waals surface area (Å²) in [6.07, 6.45) is -4.46. The number of nitrogens with one attached hydrogen (secondary N) is 1. The fraction of sp³-hybridized carbons (Fsp3) is 0.667. The van der Waals surface area contributed by atoms with Crippen LogP contribution in [0.2, 0.25) is 0 Å². The van der Waals surface area contributed by atoms with Crippen molar-refractivity contribution in [3.8, 4) is 0 Å². The van der Waals surface area contributed by atoms with Crippen LogP contribution in [0.15, 0.2) is 4.79 Å². The topological polar surface area (TPSA) is 76.7 Å². The molecule has 1 rings (SSSR count). The summed E-state index contributed by atoms with van der Waals surface area (Å²) in [7, 11) is 0. The largest absolute Gasteiger partial charge is 0.406 e. The van der Waals surface area contributed by atoms with Gasteiger partial charge in [0.1, 0.15) is 12.4 Å². The first-order chi connectivity index (χ1) is 6.31. The third-order valence-electron chi connectivity index (χ3n) is 1.53. The van der Waals surface area contributed by atoms with Gasteiger partial charge in [0.25, 0.3) is 0 Å². The molecule has 1 aromatic rings. The Hall–Kier alpha value is -1.31. The molecule has 1 heterocycles. The van der Waals surface area contributed by atoms with Crippen molar-refractivity contribution in [2.45, 2.75) is 25.7 Å².